The van der Waals surface area contributed by atoms with E-state index >= 15 is 0 Å². The van der Waals surface area contributed by atoms with Crippen molar-refractivity contribution in [1.82, 2.24) is 14.3 Å². The summed E-state index contributed by atoms with van der Waals surface area (Å²) in [5.41, 5.74) is 2.35. The van der Waals surface area contributed by atoms with Crippen LogP contribution in [0.1, 0.15) is 35.8 Å². The second-order valence-electron chi connectivity index (χ2n) is 7.78. The Hall–Kier alpha value is -2.03. The first-order valence-electron chi connectivity index (χ1n) is 9.85. The quantitative estimate of drug-likeness (QED) is 0.627. The van der Waals surface area contributed by atoms with Crippen LogP contribution in [-0.4, -0.2) is 48.9 Å². The molecule has 0 N–H and O–H groups in total. The molecule has 1 aliphatic rings. The van der Waals surface area contributed by atoms with E-state index in [9.17, 15) is 8.42 Å². The summed E-state index contributed by atoms with van der Waals surface area (Å²) in [4.78, 5) is 13.7. The van der Waals surface area contributed by atoms with Gasteiger partial charge in [0.2, 0.25) is 10.0 Å². The average molecular weight is 431 g/mol. The van der Waals surface area contributed by atoms with Crippen molar-refractivity contribution in [3.63, 3.8) is 0 Å². The molecular weight excluding hydrogens is 404 g/mol. The molecule has 8 heteroatoms. The molecular formula is C21H26N4O2S2. The van der Waals surface area contributed by atoms with Crippen molar-refractivity contribution < 1.29 is 8.42 Å². The van der Waals surface area contributed by atoms with Crippen LogP contribution in [0.2, 0.25) is 0 Å². The molecule has 1 saturated heterocycles. The number of aromatic nitrogens is 2. The third-order valence-electron chi connectivity index (χ3n) is 5.67. The van der Waals surface area contributed by atoms with E-state index in [1.54, 1.807) is 34.1 Å². The largest absolute Gasteiger partial charge is 0.353 e. The van der Waals surface area contributed by atoms with Gasteiger partial charge in [-0.2, -0.15) is 4.31 Å². The summed E-state index contributed by atoms with van der Waals surface area (Å²) in [6, 6.07) is 7.27. The number of fused-ring (bicyclic) bond motifs is 1. The van der Waals surface area contributed by atoms with Crippen LogP contribution in [0.3, 0.4) is 0 Å². The summed E-state index contributed by atoms with van der Waals surface area (Å²) in [7, 11) is -3.48. The number of sulfonamides is 1. The van der Waals surface area contributed by atoms with Crippen molar-refractivity contribution >= 4 is 37.4 Å². The maximum Gasteiger partial charge on any atom is 0.243 e. The van der Waals surface area contributed by atoms with Gasteiger partial charge in [-0.15, -0.1) is 11.3 Å². The molecule has 0 amide bonds. The molecule has 0 bridgehead atoms. The van der Waals surface area contributed by atoms with Gasteiger partial charge in [0.1, 0.15) is 17.0 Å². The molecule has 1 aliphatic heterocycles. The fourth-order valence-electron chi connectivity index (χ4n) is 3.72. The second-order valence-corrected chi connectivity index (χ2v) is 10.9. The maximum absolute atomic E-state index is 13.1. The highest BCUT2D eigenvalue weighted by Crippen LogP contribution is 2.34. The number of rotatable bonds is 4. The number of nitrogens with zero attached hydrogens (tertiary/aromatic N) is 4. The van der Waals surface area contributed by atoms with Crippen LogP contribution >= 0.6 is 11.3 Å². The van der Waals surface area contributed by atoms with Crippen LogP contribution in [0.4, 0.5) is 5.82 Å². The molecule has 3 heterocycles. The zero-order valence-corrected chi connectivity index (χ0v) is 18.8. The average Bonchev–Trinajstić information content (AvgIpc) is 3.02. The number of benzene rings is 1. The van der Waals surface area contributed by atoms with Gasteiger partial charge >= 0.3 is 0 Å². The Morgan fingerprint density at radius 3 is 2.28 bits per heavy atom. The third-order valence-corrected chi connectivity index (χ3v) is 8.70. The molecule has 154 valence electrons. The molecule has 3 aromatic rings. The molecule has 6 nitrogen and oxygen atoms in total. The molecule has 0 spiro atoms. The van der Waals surface area contributed by atoms with Crippen molar-refractivity contribution in [3.8, 4) is 0 Å². The van der Waals surface area contributed by atoms with E-state index in [4.69, 9.17) is 0 Å². The first-order valence-corrected chi connectivity index (χ1v) is 12.1. The standard InChI is InChI=1S/C21H26N4O2S2/c1-14(2)17-5-7-18(8-6-17)29(26,27)25-11-9-24(10-12-25)20-19-15(3)16(4)28-21(19)23-13-22-20/h5-8,13-14H,9-12H2,1-4H3. The van der Waals surface area contributed by atoms with Crippen molar-refractivity contribution in [2.75, 3.05) is 31.1 Å². The van der Waals surface area contributed by atoms with Crippen LogP contribution in [0.5, 0.6) is 0 Å². The van der Waals surface area contributed by atoms with Crippen LogP contribution in [0, 0.1) is 13.8 Å². The molecule has 0 aliphatic carbocycles. The van der Waals surface area contributed by atoms with Gasteiger partial charge in [0, 0.05) is 31.1 Å². The van der Waals surface area contributed by atoms with Gasteiger partial charge in [-0.1, -0.05) is 26.0 Å². The minimum absolute atomic E-state index is 0.365. The Morgan fingerprint density at radius 2 is 1.66 bits per heavy atom. The molecule has 0 radical (unpaired) electrons. The highest BCUT2D eigenvalue weighted by molar-refractivity contribution is 7.89. The fourth-order valence-corrected chi connectivity index (χ4v) is 6.13. The smallest absolute Gasteiger partial charge is 0.243 e. The monoisotopic (exact) mass is 430 g/mol. The summed E-state index contributed by atoms with van der Waals surface area (Å²) < 4.78 is 27.7. The Bertz CT molecular complexity index is 1130. The van der Waals surface area contributed by atoms with Gasteiger partial charge in [0.15, 0.2) is 0 Å². The maximum atomic E-state index is 13.1. The first-order chi connectivity index (χ1) is 13.8. The van der Waals surface area contributed by atoms with Gasteiger partial charge in [0.05, 0.1) is 10.3 Å². The molecule has 4 rings (SSSR count). The van der Waals surface area contributed by atoms with E-state index in [-0.39, 0.29) is 0 Å². The Balaban J connectivity index is 1.54. The Morgan fingerprint density at radius 1 is 1.00 bits per heavy atom. The van der Waals surface area contributed by atoms with E-state index in [0.717, 1.165) is 21.6 Å². The summed E-state index contributed by atoms with van der Waals surface area (Å²) in [6.07, 6.45) is 1.60. The normalized spacial score (nSPS) is 16.1. The Labute approximate surface area is 176 Å². The van der Waals surface area contributed by atoms with E-state index in [1.165, 1.54) is 10.4 Å². The molecule has 0 atom stereocenters. The summed E-state index contributed by atoms with van der Waals surface area (Å²) in [5, 5.41) is 1.09. The Kier molecular flexibility index (Phi) is 5.35. The number of hydrogen-bond donors (Lipinski definition) is 0. The van der Waals surface area contributed by atoms with E-state index in [0.29, 0.717) is 37.0 Å². The lowest BCUT2D eigenvalue weighted by Crippen LogP contribution is -2.49. The molecule has 1 aromatic carbocycles. The van der Waals surface area contributed by atoms with Crippen LogP contribution < -0.4 is 4.90 Å². The zero-order chi connectivity index (χ0) is 20.8. The summed E-state index contributed by atoms with van der Waals surface area (Å²) in [5.74, 6) is 1.29. The van der Waals surface area contributed by atoms with Gasteiger partial charge in [0.25, 0.3) is 0 Å². The number of hydrogen-bond acceptors (Lipinski definition) is 6. The zero-order valence-electron chi connectivity index (χ0n) is 17.2. The van der Waals surface area contributed by atoms with E-state index in [2.05, 4.69) is 42.6 Å². The minimum atomic E-state index is -3.48. The van der Waals surface area contributed by atoms with E-state index in [1.807, 2.05) is 12.1 Å². The van der Waals surface area contributed by atoms with Crippen molar-refractivity contribution in [2.24, 2.45) is 0 Å². The lowest BCUT2D eigenvalue weighted by Gasteiger charge is -2.35. The summed E-state index contributed by atoms with van der Waals surface area (Å²) in [6.45, 7) is 10.5. The molecule has 29 heavy (non-hydrogen) atoms. The van der Waals surface area contributed by atoms with Crippen LogP contribution in [0.25, 0.3) is 10.2 Å². The number of thiophene rings is 1. The lowest BCUT2D eigenvalue weighted by molar-refractivity contribution is 0.384. The third kappa shape index (κ3) is 3.65. The number of anilines is 1. The van der Waals surface area contributed by atoms with Crippen molar-refractivity contribution in [3.05, 3.63) is 46.6 Å². The number of aryl methyl sites for hydroxylation is 2. The van der Waals surface area contributed by atoms with Gasteiger partial charge in [-0.25, -0.2) is 18.4 Å². The highest BCUT2D eigenvalue weighted by atomic mass is 32.2. The number of piperazine rings is 1. The lowest BCUT2D eigenvalue weighted by atomic mass is 10.0. The molecule has 1 fully saturated rings. The van der Waals surface area contributed by atoms with Crippen LogP contribution in [-0.2, 0) is 10.0 Å². The molecule has 0 saturated carbocycles. The summed E-state index contributed by atoms with van der Waals surface area (Å²) >= 11 is 1.68. The van der Waals surface area contributed by atoms with E-state index < -0.39 is 10.0 Å². The van der Waals surface area contributed by atoms with Crippen molar-refractivity contribution in [1.29, 1.82) is 0 Å². The van der Waals surface area contributed by atoms with Gasteiger partial charge < -0.3 is 4.90 Å². The second kappa shape index (κ2) is 7.66. The SMILES string of the molecule is Cc1sc2ncnc(N3CCN(S(=O)(=O)c4ccc(C(C)C)cc4)CC3)c2c1C. The topological polar surface area (TPSA) is 66.4 Å². The fraction of sp³-hybridized carbons (Fsp3) is 0.429. The highest BCUT2D eigenvalue weighted by Gasteiger charge is 2.30. The van der Waals surface area contributed by atoms with Gasteiger partial charge in [-0.3, -0.25) is 0 Å². The van der Waals surface area contributed by atoms with Crippen LogP contribution in [0.15, 0.2) is 35.5 Å². The van der Waals surface area contributed by atoms with Gasteiger partial charge in [-0.05, 0) is 43.0 Å². The minimum Gasteiger partial charge on any atom is -0.353 e. The first kappa shape index (κ1) is 20.3. The molecule has 0 unspecified atom stereocenters. The predicted octanol–water partition coefficient (Wildman–Crippen LogP) is 3.94. The van der Waals surface area contributed by atoms with Crippen molar-refractivity contribution in [2.45, 2.75) is 38.5 Å². The predicted molar refractivity (Wildman–Crippen MR) is 118 cm³/mol. The molecule has 2 aromatic heterocycles.